The Labute approximate surface area is 133 Å². The van der Waals surface area contributed by atoms with Crippen molar-refractivity contribution in [1.29, 1.82) is 0 Å². The van der Waals surface area contributed by atoms with E-state index in [1.165, 1.54) is 77.2 Å². The topological polar surface area (TPSA) is 12.0 Å². The van der Waals surface area contributed by atoms with Gasteiger partial charge in [0.25, 0.3) is 0 Å². The zero-order valence-electron chi connectivity index (χ0n) is 14.7. The van der Waals surface area contributed by atoms with E-state index < -0.39 is 0 Å². The van der Waals surface area contributed by atoms with Crippen molar-refractivity contribution in [2.24, 2.45) is 11.3 Å². The third kappa shape index (κ3) is 4.58. The summed E-state index contributed by atoms with van der Waals surface area (Å²) in [5.74, 6) is 0.820. The Hall–Kier alpha value is -0.300. The first-order valence-electron chi connectivity index (χ1n) is 9.60. The molecule has 1 saturated carbocycles. The molecular weight excluding hydrogens is 254 g/mol. The minimum absolute atomic E-state index is 0.555. The SMILES string of the molecule is CCCNC(C1=CCCCCC1)C1(CC(C)C)CCCC1. The summed E-state index contributed by atoms with van der Waals surface area (Å²) in [5.41, 5.74) is 2.32. The molecule has 0 aromatic carbocycles. The van der Waals surface area contributed by atoms with Crippen LogP contribution in [0.3, 0.4) is 0 Å². The normalized spacial score (nSPS) is 23.9. The first-order chi connectivity index (χ1) is 10.2. The Kier molecular flexibility index (Phi) is 6.79. The van der Waals surface area contributed by atoms with E-state index in [0.29, 0.717) is 11.5 Å². The van der Waals surface area contributed by atoms with Gasteiger partial charge in [0.05, 0.1) is 0 Å². The molecular formula is C20H37N. The van der Waals surface area contributed by atoms with Crippen LogP contribution in [0.5, 0.6) is 0 Å². The van der Waals surface area contributed by atoms with E-state index >= 15 is 0 Å². The highest BCUT2D eigenvalue weighted by molar-refractivity contribution is 5.18. The van der Waals surface area contributed by atoms with Crippen LogP contribution < -0.4 is 5.32 Å². The Morgan fingerprint density at radius 2 is 1.86 bits per heavy atom. The Balaban J connectivity index is 2.20. The first-order valence-corrected chi connectivity index (χ1v) is 9.60. The van der Waals surface area contributed by atoms with E-state index in [4.69, 9.17) is 0 Å². The number of nitrogens with one attached hydrogen (secondary N) is 1. The third-order valence-electron chi connectivity index (χ3n) is 5.57. The molecule has 1 atom stereocenters. The number of hydrogen-bond acceptors (Lipinski definition) is 1. The molecule has 1 unspecified atom stereocenters. The van der Waals surface area contributed by atoms with Gasteiger partial charge in [-0.25, -0.2) is 0 Å². The number of rotatable bonds is 7. The van der Waals surface area contributed by atoms with Gasteiger partial charge >= 0.3 is 0 Å². The van der Waals surface area contributed by atoms with Gasteiger partial charge in [-0.1, -0.05) is 51.7 Å². The van der Waals surface area contributed by atoms with Crippen molar-refractivity contribution in [3.05, 3.63) is 11.6 Å². The van der Waals surface area contributed by atoms with Crippen LogP contribution in [-0.4, -0.2) is 12.6 Å². The van der Waals surface area contributed by atoms with E-state index in [-0.39, 0.29) is 0 Å². The molecule has 1 fully saturated rings. The minimum atomic E-state index is 0.555. The first kappa shape index (κ1) is 17.1. The quantitative estimate of drug-likeness (QED) is 0.580. The lowest BCUT2D eigenvalue weighted by atomic mass is 9.69. The molecule has 2 aliphatic rings. The van der Waals surface area contributed by atoms with Crippen molar-refractivity contribution in [2.75, 3.05) is 6.54 Å². The molecule has 0 heterocycles. The minimum Gasteiger partial charge on any atom is -0.310 e. The van der Waals surface area contributed by atoms with Crippen LogP contribution in [-0.2, 0) is 0 Å². The van der Waals surface area contributed by atoms with Gasteiger partial charge in [-0.2, -0.15) is 0 Å². The largest absolute Gasteiger partial charge is 0.310 e. The Morgan fingerprint density at radius 3 is 2.52 bits per heavy atom. The molecule has 21 heavy (non-hydrogen) atoms. The maximum atomic E-state index is 3.99. The standard InChI is InChI=1S/C20H37N/c1-4-15-21-19(18-11-7-5-6-8-12-18)20(16-17(2)3)13-9-10-14-20/h11,17,19,21H,4-10,12-16H2,1-3H3. The second-order valence-electron chi connectivity index (χ2n) is 7.93. The van der Waals surface area contributed by atoms with E-state index in [1.807, 2.05) is 0 Å². The molecule has 0 spiro atoms. The summed E-state index contributed by atoms with van der Waals surface area (Å²) in [5, 5.41) is 3.99. The van der Waals surface area contributed by atoms with Crippen LogP contribution in [0, 0.1) is 11.3 Å². The summed E-state index contributed by atoms with van der Waals surface area (Å²) in [6.45, 7) is 8.31. The van der Waals surface area contributed by atoms with Gasteiger partial charge < -0.3 is 5.32 Å². The summed E-state index contributed by atoms with van der Waals surface area (Å²) < 4.78 is 0. The van der Waals surface area contributed by atoms with Gasteiger partial charge in [-0.15, -0.1) is 0 Å². The fraction of sp³-hybridized carbons (Fsp3) is 0.900. The highest BCUT2D eigenvalue weighted by Crippen LogP contribution is 2.48. The second kappa shape index (κ2) is 8.36. The van der Waals surface area contributed by atoms with E-state index in [9.17, 15) is 0 Å². The molecule has 1 N–H and O–H groups in total. The van der Waals surface area contributed by atoms with Crippen molar-refractivity contribution < 1.29 is 0 Å². The van der Waals surface area contributed by atoms with Crippen LogP contribution in [0.25, 0.3) is 0 Å². The summed E-state index contributed by atoms with van der Waals surface area (Å²) in [7, 11) is 0. The van der Waals surface area contributed by atoms with E-state index in [0.717, 1.165) is 5.92 Å². The highest BCUT2D eigenvalue weighted by Gasteiger charge is 2.42. The number of hydrogen-bond donors (Lipinski definition) is 1. The van der Waals surface area contributed by atoms with Gasteiger partial charge in [0.15, 0.2) is 0 Å². The monoisotopic (exact) mass is 291 g/mol. The second-order valence-corrected chi connectivity index (χ2v) is 7.93. The third-order valence-corrected chi connectivity index (χ3v) is 5.57. The molecule has 0 radical (unpaired) electrons. The summed E-state index contributed by atoms with van der Waals surface area (Å²) in [6, 6.07) is 0.667. The molecule has 0 aromatic heterocycles. The van der Waals surface area contributed by atoms with Crippen LogP contribution in [0.4, 0.5) is 0 Å². The molecule has 0 aliphatic heterocycles. The van der Waals surface area contributed by atoms with Crippen molar-refractivity contribution in [3.63, 3.8) is 0 Å². The molecule has 122 valence electrons. The average Bonchev–Trinajstić information content (AvgIpc) is 2.74. The zero-order chi connectivity index (χ0) is 15.1. The lowest BCUT2D eigenvalue weighted by molar-refractivity contribution is 0.173. The maximum absolute atomic E-state index is 3.99. The van der Waals surface area contributed by atoms with Crippen LogP contribution in [0.2, 0.25) is 0 Å². The van der Waals surface area contributed by atoms with Crippen molar-refractivity contribution >= 4 is 0 Å². The molecule has 0 bridgehead atoms. The summed E-state index contributed by atoms with van der Waals surface area (Å²) in [4.78, 5) is 0. The van der Waals surface area contributed by atoms with Crippen LogP contribution in [0.15, 0.2) is 11.6 Å². The maximum Gasteiger partial charge on any atom is 0.0336 e. The highest BCUT2D eigenvalue weighted by atomic mass is 14.9. The molecule has 2 rings (SSSR count). The van der Waals surface area contributed by atoms with Gasteiger partial charge in [-0.3, -0.25) is 0 Å². The fourth-order valence-electron chi connectivity index (χ4n) is 4.83. The van der Waals surface area contributed by atoms with Gasteiger partial charge in [0.2, 0.25) is 0 Å². The predicted molar refractivity (Wildman–Crippen MR) is 93.6 cm³/mol. The average molecular weight is 292 g/mol. The van der Waals surface area contributed by atoms with E-state index in [1.54, 1.807) is 5.57 Å². The Morgan fingerprint density at radius 1 is 1.10 bits per heavy atom. The Bertz CT molecular complexity index is 323. The lowest BCUT2D eigenvalue weighted by Gasteiger charge is -2.41. The van der Waals surface area contributed by atoms with Crippen LogP contribution in [0.1, 0.15) is 91.4 Å². The lowest BCUT2D eigenvalue weighted by Crippen LogP contribution is -2.46. The molecule has 2 aliphatic carbocycles. The molecule has 0 aromatic rings. The van der Waals surface area contributed by atoms with Gasteiger partial charge in [0.1, 0.15) is 0 Å². The van der Waals surface area contributed by atoms with E-state index in [2.05, 4.69) is 32.2 Å². The summed E-state index contributed by atoms with van der Waals surface area (Å²) in [6.07, 6.45) is 18.0. The molecule has 0 saturated heterocycles. The van der Waals surface area contributed by atoms with Crippen molar-refractivity contribution in [1.82, 2.24) is 5.32 Å². The van der Waals surface area contributed by atoms with Crippen LogP contribution >= 0.6 is 0 Å². The zero-order valence-corrected chi connectivity index (χ0v) is 14.7. The number of allylic oxidation sites excluding steroid dienone is 1. The van der Waals surface area contributed by atoms with Crippen molar-refractivity contribution in [3.8, 4) is 0 Å². The summed E-state index contributed by atoms with van der Waals surface area (Å²) >= 11 is 0. The fourth-order valence-corrected chi connectivity index (χ4v) is 4.83. The van der Waals surface area contributed by atoms with Gasteiger partial charge in [-0.05, 0) is 69.2 Å². The molecule has 1 nitrogen and oxygen atoms in total. The van der Waals surface area contributed by atoms with Gasteiger partial charge in [0, 0.05) is 6.04 Å². The molecule has 1 heteroatoms. The van der Waals surface area contributed by atoms with Crippen molar-refractivity contribution in [2.45, 2.75) is 97.4 Å². The predicted octanol–water partition coefficient (Wildman–Crippen LogP) is 5.85. The smallest absolute Gasteiger partial charge is 0.0336 e. The molecule has 0 amide bonds.